The molecule has 0 unspecified atom stereocenters. The highest BCUT2D eigenvalue weighted by atomic mass is 35.5. The molecule has 5 heteroatoms. The Labute approximate surface area is 103 Å². The molecule has 2 aromatic rings. The van der Waals surface area contributed by atoms with E-state index in [0.717, 1.165) is 17.2 Å². The quantitative estimate of drug-likeness (QED) is 0.621. The first-order valence-electron chi connectivity index (χ1n) is 4.96. The van der Waals surface area contributed by atoms with Gasteiger partial charge in [-0.2, -0.15) is 0 Å². The van der Waals surface area contributed by atoms with Crippen LogP contribution in [0.15, 0.2) is 24.4 Å². The van der Waals surface area contributed by atoms with E-state index < -0.39 is 0 Å². The third-order valence-electron chi connectivity index (χ3n) is 2.53. The van der Waals surface area contributed by atoms with E-state index in [9.17, 15) is 9.59 Å². The van der Waals surface area contributed by atoms with E-state index in [-0.39, 0.29) is 12.5 Å². The summed E-state index contributed by atoms with van der Waals surface area (Å²) in [6, 6.07) is 5.18. The van der Waals surface area contributed by atoms with Crippen molar-refractivity contribution in [3.05, 3.63) is 35.0 Å². The summed E-state index contributed by atoms with van der Waals surface area (Å²) < 4.78 is 6.24. The fraction of sp³-hybridized carbons (Fsp3) is 0.167. The van der Waals surface area contributed by atoms with Crippen LogP contribution in [0.4, 0.5) is 0 Å². The first-order chi connectivity index (χ1) is 8.15. The summed E-state index contributed by atoms with van der Waals surface area (Å²) >= 11 is 5.90. The van der Waals surface area contributed by atoms with Crippen molar-refractivity contribution >= 4 is 34.8 Å². The monoisotopic (exact) mass is 251 g/mol. The zero-order valence-corrected chi connectivity index (χ0v) is 9.90. The Morgan fingerprint density at radius 2 is 2.29 bits per heavy atom. The van der Waals surface area contributed by atoms with E-state index in [1.807, 2.05) is 0 Å². The number of fused-ring (bicyclic) bond motifs is 1. The number of halogens is 1. The molecule has 0 saturated heterocycles. The second-order valence-corrected chi connectivity index (χ2v) is 4.00. The first kappa shape index (κ1) is 11.7. The number of benzene rings is 1. The maximum atomic E-state index is 11.2. The number of carbonyl (C=O) groups is 2. The van der Waals surface area contributed by atoms with Crippen molar-refractivity contribution in [1.82, 2.24) is 4.57 Å². The summed E-state index contributed by atoms with van der Waals surface area (Å²) in [7, 11) is 1.32. The zero-order chi connectivity index (χ0) is 12.4. The van der Waals surface area contributed by atoms with Crippen molar-refractivity contribution in [2.75, 3.05) is 7.11 Å². The van der Waals surface area contributed by atoms with Gasteiger partial charge in [-0.15, -0.1) is 0 Å². The minimum Gasteiger partial charge on any atom is -0.468 e. The van der Waals surface area contributed by atoms with Gasteiger partial charge in [0, 0.05) is 22.2 Å². The van der Waals surface area contributed by atoms with Gasteiger partial charge in [-0.1, -0.05) is 17.7 Å². The molecule has 4 nitrogen and oxygen atoms in total. The normalized spacial score (nSPS) is 10.5. The fourth-order valence-electron chi connectivity index (χ4n) is 1.72. The van der Waals surface area contributed by atoms with E-state index in [0.29, 0.717) is 10.6 Å². The van der Waals surface area contributed by atoms with Gasteiger partial charge in [0.25, 0.3) is 0 Å². The Morgan fingerprint density at radius 3 is 2.94 bits per heavy atom. The number of esters is 1. The van der Waals surface area contributed by atoms with Gasteiger partial charge in [0.2, 0.25) is 0 Å². The Kier molecular flexibility index (Phi) is 3.15. The molecule has 17 heavy (non-hydrogen) atoms. The molecular weight excluding hydrogens is 242 g/mol. The van der Waals surface area contributed by atoms with Crippen LogP contribution in [0, 0.1) is 0 Å². The number of aromatic nitrogens is 1. The summed E-state index contributed by atoms with van der Waals surface area (Å²) in [6.45, 7) is 0.0567. The highest BCUT2D eigenvalue weighted by Gasteiger charge is 2.11. The van der Waals surface area contributed by atoms with Crippen LogP contribution in [-0.4, -0.2) is 23.9 Å². The van der Waals surface area contributed by atoms with Crippen molar-refractivity contribution in [3.63, 3.8) is 0 Å². The Hall–Kier alpha value is -1.81. The molecule has 0 radical (unpaired) electrons. The lowest BCUT2D eigenvalue weighted by Crippen LogP contribution is -2.10. The molecule has 0 spiro atoms. The minimum absolute atomic E-state index is 0.0567. The van der Waals surface area contributed by atoms with Crippen molar-refractivity contribution in [1.29, 1.82) is 0 Å². The topological polar surface area (TPSA) is 48.3 Å². The second kappa shape index (κ2) is 4.59. The van der Waals surface area contributed by atoms with Crippen molar-refractivity contribution in [2.24, 2.45) is 0 Å². The lowest BCUT2D eigenvalue weighted by molar-refractivity contribution is -0.141. The van der Waals surface area contributed by atoms with Gasteiger partial charge >= 0.3 is 5.97 Å². The molecule has 1 aromatic heterocycles. The van der Waals surface area contributed by atoms with Crippen LogP contribution in [0.3, 0.4) is 0 Å². The predicted molar refractivity (Wildman–Crippen MR) is 64.4 cm³/mol. The highest BCUT2D eigenvalue weighted by Crippen LogP contribution is 2.23. The van der Waals surface area contributed by atoms with Crippen LogP contribution in [-0.2, 0) is 16.1 Å². The predicted octanol–water partition coefficient (Wildman–Crippen LogP) is 2.28. The van der Waals surface area contributed by atoms with Crippen LogP contribution in [0.1, 0.15) is 10.4 Å². The largest absolute Gasteiger partial charge is 0.468 e. The van der Waals surface area contributed by atoms with Gasteiger partial charge in [0.15, 0.2) is 6.29 Å². The van der Waals surface area contributed by atoms with Crippen LogP contribution in [0.2, 0.25) is 5.02 Å². The molecule has 0 aliphatic rings. The van der Waals surface area contributed by atoms with Gasteiger partial charge in [-0.25, -0.2) is 0 Å². The molecule has 0 aliphatic carbocycles. The Morgan fingerprint density at radius 1 is 1.53 bits per heavy atom. The van der Waals surface area contributed by atoms with Gasteiger partial charge in [0.05, 0.1) is 12.6 Å². The molecule has 0 bridgehead atoms. The summed E-state index contributed by atoms with van der Waals surface area (Å²) in [5.41, 5.74) is 1.27. The van der Waals surface area contributed by atoms with E-state index in [2.05, 4.69) is 4.74 Å². The molecule has 88 valence electrons. The van der Waals surface area contributed by atoms with Gasteiger partial charge in [0.1, 0.15) is 6.54 Å². The van der Waals surface area contributed by atoms with E-state index in [1.165, 1.54) is 7.11 Å². The van der Waals surface area contributed by atoms with Crippen molar-refractivity contribution in [2.45, 2.75) is 6.54 Å². The number of nitrogens with zero attached hydrogens (tertiary/aromatic N) is 1. The maximum absolute atomic E-state index is 11.2. The first-order valence-corrected chi connectivity index (χ1v) is 5.34. The average Bonchev–Trinajstić information content (AvgIpc) is 2.66. The van der Waals surface area contributed by atoms with Crippen molar-refractivity contribution < 1.29 is 14.3 Å². The fourth-order valence-corrected chi connectivity index (χ4v) is 1.89. The zero-order valence-electron chi connectivity index (χ0n) is 9.14. The molecule has 0 fully saturated rings. The van der Waals surface area contributed by atoms with Gasteiger partial charge in [-0.05, 0) is 12.1 Å². The van der Waals surface area contributed by atoms with Gasteiger partial charge < -0.3 is 9.30 Å². The molecule has 1 heterocycles. The number of methoxy groups -OCH3 is 1. The number of carbonyl (C=O) groups excluding carboxylic acids is 2. The molecule has 1 aromatic carbocycles. The summed E-state index contributed by atoms with van der Waals surface area (Å²) in [4.78, 5) is 22.2. The molecule has 0 atom stereocenters. The Bertz CT molecular complexity index is 589. The van der Waals surface area contributed by atoms with Crippen LogP contribution < -0.4 is 0 Å². The van der Waals surface area contributed by atoms with Crippen molar-refractivity contribution in [3.8, 4) is 0 Å². The summed E-state index contributed by atoms with van der Waals surface area (Å²) in [6.07, 6.45) is 2.37. The number of aldehydes is 1. The molecule has 0 N–H and O–H groups in total. The van der Waals surface area contributed by atoms with Gasteiger partial charge in [-0.3, -0.25) is 9.59 Å². The summed E-state index contributed by atoms with van der Waals surface area (Å²) in [5, 5.41) is 1.33. The number of hydrogen-bond acceptors (Lipinski definition) is 3. The van der Waals surface area contributed by atoms with E-state index in [4.69, 9.17) is 11.6 Å². The maximum Gasteiger partial charge on any atom is 0.325 e. The number of ether oxygens (including phenoxy) is 1. The molecule has 0 amide bonds. The van der Waals surface area contributed by atoms with Crippen LogP contribution in [0.25, 0.3) is 10.9 Å². The lowest BCUT2D eigenvalue weighted by atomic mass is 10.2. The highest BCUT2D eigenvalue weighted by molar-refractivity contribution is 6.31. The van der Waals surface area contributed by atoms with E-state index >= 15 is 0 Å². The number of hydrogen-bond donors (Lipinski definition) is 0. The standard InChI is InChI=1S/C12H10ClNO3/c1-17-12(16)6-14-5-8(7-15)10-3-2-9(13)4-11(10)14/h2-5,7H,6H2,1H3. The second-order valence-electron chi connectivity index (χ2n) is 3.57. The molecular formula is C12H10ClNO3. The third kappa shape index (κ3) is 2.17. The molecule has 0 saturated carbocycles. The Balaban J connectivity index is 2.58. The lowest BCUT2D eigenvalue weighted by Gasteiger charge is -2.03. The third-order valence-corrected chi connectivity index (χ3v) is 2.76. The average molecular weight is 252 g/mol. The van der Waals surface area contributed by atoms with Crippen LogP contribution >= 0.6 is 11.6 Å². The smallest absolute Gasteiger partial charge is 0.325 e. The number of rotatable bonds is 3. The van der Waals surface area contributed by atoms with Crippen LogP contribution in [0.5, 0.6) is 0 Å². The summed E-state index contributed by atoms with van der Waals surface area (Å²) in [5.74, 6) is -0.376. The SMILES string of the molecule is COC(=O)Cn1cc(C=O)c2ccc(Cl)cc21. The molecule has 2 rings (SSSR count). The molecule has 0 aliphatic heterocycles. The minimum atomic E-state index is -0.376. The van der Waals surface area contributed by atoms with E-state index in [1.54, 1.807) is 29.0 Å².